The fourth-order valence-corrected chi connectivity index (χ4v) is 4.59. The Hall–Kier alpha value is -3.28. The lowest BCUT2D eigenvalue weighted by Crippen LogP contribution is -2.40. The fourth-order valence-electron chi connectivity index (χ4n) is 3.13. The summed E-state index contributed by atoms with van der Waals surface area (Å²) in [7, 11) is -3.65. The number of aromatic nitrogens is 2. The Morgan fingerprint density at radius 2 is 1.91 bits per heavy atom. The second kappa shape index (κ2) is 9.47. The molecule has 0 spiro atoms. The Balaban J connectivity index is 1.35. The van der Waals surface area contributed by atoms with Crippen molar-refractivity contribution in [3.05, 3.63) is 54.4 Å². The zero-order chi connectivity index (χ0) is 22.6. The quantitative estimate of drug-likeness (QED) is 0.571. The van der Waals surface area contributed by atoms with Gasteiger partial charge in [0.2, 0.25) is 21.7 Å². The van der Waals surface area contributed by atoms with Crippen LogP contribution in [0.2, 0.25) is 0 Å². The van der Waals surface area contributed by atoms with Crippen LogP contribution in [0.5, 0.6) is 5.75 Å². The average molecular weight is 458 g/mol. The van der Waals surface area contributed by atoms with E-state index >= 15 is 0 Å². The zero-order valence-corrected chi connectivity index (χ0v) is 18.2. The lowest BCUT2D eigenvalue weighted by molar-refractivity contribution is -0.118. The first-order chi connectivity index (χ1) is 15.4. The van der Waals surface area contributed by atoms with Crippen LogP contribution in [-0.2, 0) is 19.6 Å². The first-order valence-corrected chi connectivity index (χ1v) is 11.4. The number of aryl methyl sites for hydroxylation is 1. The summed E-state index contributed by atoms with van der Waals surface area (Å²) >= 11 is 0. The molecule has 1 N–H and O–H groups in total. The van der Waals surface area contributed by atoms with Crippen molar-refractivity contribution in [1.82, 2.24) is 14.4 Å². The van der Waals surface area contributed by atoms with E-state index in [0.29, 0.717) is 49.5 Å². The molecule has 0 unspecified atom stereocenters. The second-order valence-electron chi connectivity index (χ2n) is 7.04. The van der Waals surface area contributed by atoms with E-state index in [4.69, 9.17) is 14.0 Å². The molecular weight excluding hydrogens is 436 g/mol. The van der Waals surface area contributed by atoms with E-state index in [-0.39, 0.29) is 11.5 Å². The number of sulfonamides is 1. The lowest BCUT2D eigenvalue weighted by atomic mass is 10.2. The molecule has 168 valence electrons. The predicted octanol–water partition coefficient (Wildman–Crippen LogP) is 2.08. The van der Waals surface area contributed by atoms with Crippen molar-refractivity contribution in [1.29, 1.82) is 0 Å². The zero-order valence-electron chi connectivity index (χ0n) is 17.4. The maximum absolute atomic E-state index is 12.8. The Bertz CT molecular complexity index is 1190. The highest BCUT2D eigenvalue weighted by Crippen LogP contribution is 2.22. The molecule has 32 heavy (non-hydrogen) atoms. The average Bonchev–Trinajstić information content (AvgIpc) is 3.25. The number of benzene rings is 2. The summed E-state index contributed by atoms with van der Waals surface area (Å²) in [5.74, 6) is 1.02. The molecule has 11 heteroatoms. The summed E-state index contributed by atoms with van der Waals surface area (Å²) in [5, 5.41) is 6.51. The molecule has 1 saturated heterocycles. The van der Waals surface area contributed by atoms with E-state index in [1.165, 1.54) is 16.4 Å². The summed E-state index contributed by atoms with van der Waals surface area (Å²) in [5.41, 5.74) is 1.13. The fraction of sp³-hybridized carbons (Fsp3) is 0.286. The smallest absolute Gasteiger partial charge is 0.262 e. The lowest BCUT2D eigenvalue weighted by Gasteiger charge is -2.26. The molecule has 10 nitrogen and oxygen atoms in total. The molecule has 0 aliphatic carbocycles. The van der Waals surface area contributed by atoms with Gasteiger partial charge in [-0.3, -0.25) is 4.79 Å². The van der Waals surface area contributed by atoms with Crippen LogP contribution in [0.3, 0.4) is 0 Å². The van der Waals surface area contributed by atoms with Gasteiger partial charge in [-0.15, -0.1) is 0 Å². The van der Waals surface area contributed by atoms with E-state index in [2.05, 4.69) is 15.5 Å². The van der Waals surface area contributed by atoms with Gasteiger partial charge < -0.3 is 19.3 Å². The van der Waals surface area contributed by atoms with E-state index in [0.717, 1.165) is 5.56 Å². The van der Waals surface area contributed by atoms with Gasteiger partial charge in [-0.2, -0.15) is 9.29 Å². The molecule has 1 aliphatic heterocycles. The number of rotatable bonds is 7. The summed E-state index contributed by atoms with van der Waals surface area (Å²) in [6, 6.07) is 13.1. The second-order valence-corrected chi connectivity index (χ2v) is 8.98. The van der Waals surface area contributed by atoms with Gasteiger partial charge in [0.1, 0.15) is 5.75 Å². The minimum atomic E-state index is -3.65. The number of anilines is 1. The van der Waals surface area contributed by atoms with Crippen molar-refractivity contribution < 1.29 is 27.2 Å². The van der Waals surface area contributed by atoms with Gasteiger partial charge in [0, 0.05) is 31.3 Å². The monoisotopic (exact) mass is 458 g/mol. The molecular formula is C21H22N4O6S. The third-order valence-electron chi connectivity index (χ3n) is 4.74. The maximum atomic E-state index is 12.8. The van der Waals surface area contributed by atoms with Gasteiger partial charge in [-0.05, 0) is 42.5 Å². The van der Waals surface area contributed by atoms with Crippen LogP contribution in [0.15, 0.2) is 57.9 Å². The van der Waals surface area contributed by atoms with Crippen molar-refractivity contribution in [2.24, 2.45) is 0 Å². The number of carbonyl (C=O) groups excluding carboxylic acids is 1. The molecule has 0 bridgehead atoms. The third-order valence-corrected chi connectivity index (χ3v) is 6.63. The van der Waals surface area contributed by atoms with Gasteiger partial charge in [0.05, 0.1) is 18.1 Å². The predicted molar refractivity (Wildman–Crippen MR) is 115 cm³/mol. The van der Waals surface area contributed by atoms with Crippen molar-refractivity contribution in [3.63, 3.8) is 0 Å². The van der Waals surface area contributed by atoms with Crippen molar-refractivity contribution >= 4 is 21.6 Å². The Morgan fingerprint density at radius 1 is 1.16 bits per heavy atom. The van der Waals surface area contributed by atoms with Crippen LogP contribution < -0.4 is 10.1 Å². The van der Waals surface area contributed by atoms with E-state index in [1.54, 1.807) is 43.3 Å². The maximum Gasteiger partial charge on any atom is 0.262 e. The summed E-state index contributed by atoms with van der Waals surface area (Å²) in [6.45, 7) is 2.81. The van der Waals surface area contributed by atoms with E-state index < -0.39 is 15.9 Å². The minimum absolute atomic E-state index is 0.116. The molecule has 2 aromatic carbocycles. The van der Waals surface area contributed by atoms with Crippen molar-refractivity contribution in [2.45, 2.75) is 11.8 Å². The Morgan fingerprint density at radius 3 is 2.59 bits per heavy atom. The number of carbonyl (C=O) groups is 1. The van der Waals surface area contributed by atoms with Crippen LogP contribution in [0.4, 0.5) is 5.69 Å². The number of amides is 1. The molecule has 1 aliphatic rings. The number of hydrogen-bond donors (Lipinski definition) is 1. The normalized spacial score (nSPS) is 14.8. The molecule has 1 amide bonds. The highest BCUT2D eigenvalue weighted by molar-refractivity contribution is 7.89. The molecule has 1 fully saturated rings. The number of nitrogens with one attached hydrogen (secondary N) is 1. The summed E-state index contributed by atoms with van der Waals surface area (Å²) in [6.07, 6.45) is 0. The van der Waals surface area contributed by atoms with Gasteiger partial charge in [0.25, 0.3) is 5.91 Å². The molecule has 0 saturated carbocycles. The van der Waals surface area contributed by atoms with E-state index in [1.807, 2.05) is 0 Å². The molecule has 1 aromatic heterocycles. The highest BCUT2D eigenvalue weighted by Gasteiger charge is 2.26. The largest absolute Gasteiger partial charge is 0.484 e. The minimum Gasteiger partial charge on any atom is -0.484 e. The van der Waals surface area contributed by atoms with Gasteiger partial charge in [0.15, 0.2) is 6.61 Å². The van der Waals surface area contributed by atoms with Crippen molar-refractivity contribution in [2.75, 3.05) is 38.2 Å². The molecule has 4 rings (SSSR count). The molecule has 0 atom stereocenters. The van der Waals surface area contributed by atoms with Crippen LogP contribution in [-0.4, -0.2) is 61.7 Å². The number of morpholine rings is 1. The Kier molecular flexibility index (Phi) is 6.49. The number of hydrogen-bond acceptors (Lipinski definition) is 8. The third kappa shape index (κ3) is 5.13. The first-order valence-electron chi connectivity index (χ1n) is 9.93. The molecule has 0 radical (unpaired) electrons. The van der Waals surface area contributed by atoms with Crippen molar-refractivity contribution in [3.8, 4) is 17.1 Å². The van der Waals surface area contributed by atoms with Crippen LogP contribution in [0.25, 0.3) is 11.4 Å². The topological polar surface area (TPSA) is 124 Å². The molecule has 3 aromatic rings. The number of ether oxygens (including phenoxy) is 2. The summed E-state index contributed by atoms with van der Waals surface area (Å²) < 4.78 is 42.6. The Labute approximate surface area is 185 Å². The van der Waals surface area contributed by atoms with Crippen LogP contribution >= 0.6 is 0 Å². The number of nitrogens with zero attached hydrogens (tertiary/aromatic N) is 3. The van der Waals surface area contributed by atoms with Gasteiger partial charge >= 0.3 is 0 Å². The first kappa shape index (κ1) is 21.9. The highest BCUT2D eigenvalue weighted by atomic mass is 32.2. The summed E-state index contributed by atoms with van der Waals surface area (Å²) in [4.78, 5) is 16.6. The van der Waals surface area contributed by atoms with E-state index in [9.17, 15) is 13.2 Å². The SMILES string of the molecule is Cc1nc(-c2ccc(OCC(=O)Nc3cccc(S(=O)(=O)N4CCOCC4)c3)cc2)no1. The van der Waals surface area contributed by atoms with Crippen LogP contribution in [0.1, 0.15) is 5.89 Å². The molecule has 2 heterocycles. The van der Waals surface area contributed by atoms with Crippen LogP contribution in [0, 0.1) is 6.92 Å². The van der Waals surface area contributed by atoms with Gasteiger partial charge in [-0.25, -0.2) is 8.42 Å². The standard InChI is InChI=1S/C21H22N4O6S/c1-15-22-21(24-31-15)16-5-7-18(8-6-16)30-14-20(26)23-17-3-2-4-19(13-17)32(27,28)25-9-11-29-12-10-25/h2-8,13H,9-12,14H2,1H3,(H,23,26). The van der Waals surface area contributed by atoms with Gasteiger partial charge in [-0.1, -0.05) is 11.2 Å².